The summed E-state index contributed by atoms with van der Waals surface area (Å²) < 4.78 is 44.3. The number of cyclic esters (lactones) is 1. The molecule has 3 aliphatic heterocycles. The van der Waals surface area contributed by atoms with E-state index < -0.39 is 38.5 Å². The van der Waals surface area contributed by atoms with Crippen molar-refractivity contribution in [3.63, 3.8) is 0 Å². The van der Waals surface area contributed by atoms with Gasteiger partial charge in [0, 0.05) is 58.7 Å². The number of hydrogen-bond acceptors (Lipinski definition) is 11. The molecule has 0 aromatic rings. The van der Waals surface area contributed by atoms with Crippen LogP contribution in [-0.4, -0.2) is 144 Å². The van der Waals surface area contributed by atoms with Gasteiger partial charge in [-0.2, -0.15) is 0 Å². The van der Waals surface area contributed by atoms with E-state index >= 15 is 0 Å². The molecule has 0 spiro atoms. The Morgan fingerprint density at radius 1 is 1.03 bits per heavy atom. The van der Waals surface area contributed by atoms with Crippen molar-refractivity contribution in [2.45, 2.75) is 175 Å². The number of hydrogen-bond donors (Lipinski definition) is 0. The van der Waals surface area contributed by atoms with Gasteiger partial charge in [0.2, 0.25) is 0 Å². The molecule has 13 nitrogen and oxygen atoms in total. The van der Waals surface area contributed by atoms with E-state index in [1.807, 2.05) is 65.8 Å². The Kier molecular flexibility index (Phi) is 21.5. The highest BCUT2D eigenvalue weighted by Gasteiger charge is 2.47. The number of likely N-dealkylation sites (N-methyl/N-ethyl adjacent to an activating group) is 1. The molecule has 14 heteroatoms. The normalized spacial score (nSPS) is 29.7. The Balaban J connectivity index is 1.92. The van der Waals surface area contributed by atoms with Gasteiger partial charge in [-0.15, -0.1) is 0 Å². The molecule has 0 radical (unpaired) electrons. The minimum atomic E-state index is -2.14. The molecule has 2 saturated heterocycles. The van der Waals surface area contributed by atoms with Crippen LogP contribution >= 0.6 is 0 Å². The highest BCUT2D eigenvalue weighted by atomic mass is 28.4. The number of ether oxygens (including phenoxy) is 6. The molecule has 3 aliphatic rings. The minimum Gasteiger partial charge on any atom is -0.457 e. The van der Waals surface area contributed by atoms with Crippen molar-refractivity contribution in [3.05, 3.63) is 36.0 Å². The molecule has 0 aromatic carbocycles. The average Bonchev–Trinajstić information content (AvgIpc) is 3.99. The van der Waals surface area contributed by atoms with E-state index in [2.05, 4.69) is 52.6 Å². The van der Waals surface area contributed by atoms with Crippen molar-refractivity contribution in [2.75, 3.05) is 53.9 Å². The topological polar surface area (TPSA) is 129 Å². The SMILES string of the molecule is CCOC(C)OC1(C)CCC(O[Si](CC)(CC)CC)CC(=O)OC(/C(C)=C/C=C/C(C)CC2OC2C(C)C(CC)OC(=O)N(C)C)C(C)/C=C\C1OC(=O)N1CCN(C)CC1. The van der Waals surface area contributed by atoms with E-state index in [0.717, 1.165) is 49.6 Å². The summed E-state index contributed by atoms with van der Waals surface area (Å²) in [5.41, 5.74) is -0.109. The van der Waals surface area contributed by atoms with Crippen LogP contribution in [0, 0.1) is 17.8 Å². The lowest BCUT2D eigenvalue weighted by molar-refractivity contribution is -0.222. The zero-order valence-corrected chi connectivity index (χ0v) is 41.3. The Bertz CT molecular complexity index is 1460. The molecular formula is C47H83N3O10Si. The van der Waals surface area contributed by atoms with Gasteiger partial charge in [-0.3, -0.25) is 4.79 Å². The van der Waals surface area contributed by atoms with Gasteiger partial charge < -0.3 is 47.5 Å². The zero-order chi connectivity index (χ0) is 45.5. The third-order valence-electron chi connectivity index (χ3n) is 13.1. The number of piperazine rings is 1. The van der Waals surface area contributed by atoms with E-state index in [0.29, 0.717) is 32.5 Å². The maximum Gasteiger partial charge on any atom is 0.410 e. The van der Waals surface area contributed by atoms with Gasteiger partial charge in [-0.05, 0) is 96.1 Å². The largest absolute Gasteiger partial charge is 0.457 e. The average molecular weight is 878 g/mol. The van der Waals surface area contributed by atoms with Crippen LogP contribution < -0.4 is 0 Å². The van der Waals surface area contributed by atoms with E-state index in [1.165, 1.54) is 4.90 Å². The molecule has 2 fully saturated rings. The number of amides is 2. The summed E-state index contributed by atoms with van der Waals surface area (Å²) in [5, 5.41) is 0. The van der Waals surface area contributed by atoms with Crippen molar-refractivity contribution in [2.24, 2.45) is 17.8 Å². The maximum absolute atomic E-state index is 14.0. The van der Waals surface area contributed by atoms with Crippen LogP contribution in [0.15, 0.2) is 36.0 Å². The van der Waals surface area contributed by atoms with E-state index in [-0.39, 0.29) is 60.6 Å². The lowest BCUT2D eigenvalue weighted by Gasteiger charge is -2.41. The van der Waals surface area contributed by atoms with E-state index in [1.54, 1.807) is 19.0 Å². The van der Waals surface area contributed by atoms with Gasteiger partial charge >= 0.3 is 18.2 Å². The fourth-order valence-electron chi connectivity index (χ4n) is 8.58. The summed E-state index contributed by atoms with van der Waals surface area (Å²) in [6.45, 7) is 25.8. The summed E-state index contributed by atoms with van der Waals surface area (Å²) in [4.78, 5) is 45.5. The van der Waals surface area contributed by atoms with Gasteiger partial charge in [-0.1, -0.05) is 72.8 Å². The molecule has 11 unspecified atom stereocenters. The first-order valence-electron chi connectivity index (χ1n) is 23.2. The molecule has 0 aliphatic carbocycles. The molecule has 0 aromatic heterocycles. The summed E-state index contributed by atoms with van der Waals surface area (Å²) in [5.74, 6) is -0.265. The third-order valence-corrected chi connectivity index (χ3v) is 17.8. The number of nitrogens with zero attached hydrogens (tertiary/aromatic N) is 3. The molecule has 2 amide bonds. The van der Waals surface area contributed by atoms with Crippen LogP contribution in [0.4, 0.5) is 9.59 Å². The number of esters is 1. The molecule has 0 N–H and O–H groups in total. The first-order valence-corrected chi connectivity index (χ1v) is 25.7. The van der Waals surface area contributed by atoms with Crippen LogP contribution in [-0.2, 0) is 37.6 Å². The molecule has 350 valence electrons. The predicted octanol–water partition coefficient (Wildman–Crippen LogP) is 8.98. The molecule has 61 heavy (non-hydrogen) atoms. The fourth-order valence-corrected chi connectivity index (χ4v) is 11.5. The zero-order valence-electron chi connectivity index (χ0n) is 40.3. The summed E-state index contributed by atoms with van der Waals surface area (Å²) in [6.07, 6.45) is 9.67. The highest BCUT2D eigenvalue weighted by Crippen LogP contribution is 2.38. The Morgan fingerprint density at radius 3 is 2.28 bits per heavy atom. The quantitative estimate of drug-likeness (QED) is 0.0235. The van der Waals surface area contributed by atoms with Crippen molar-refractivity contribution in [1.82, 2.24) is 14.7 Å². The highest BCUT2D eigenvalue weighted by molar-refractivity contribution is 6.73. The third kappa shape index (κ3) is 16.1. The maximum atomic E-state index is 14.0. The van der Waals surface area contributed by atoms with E-state index in [4.69, 9.17) is 32.8 Å². The summed E-state index contributed by atoms with van der Waals surface area (Å²) in [7, 11) is 3.29. The van der Waals surface area contributed by atoms with Crippen molar-refractivity contribution in [3.8, 4) is 0 Å². The number of carbonyl (C=O) groups excluding carboxylic acids is 3. The van der Waals surface area contributed by atoms with Gasteiger partial charge in [0.05, 0.1) is 24.7 Å². The summed E-state index contributed by atoms with van der Waals surface area (Å²) in [6, 6.07) is 2.83. The molecule has 0 saturated carbocycles. The number of epoxide rings is 1. The molecule has 3 heterocycles. The lowest BCUT2D eigenvalue weighted by Crippen LogP contribution is -2.52. The van der Waals surface area contributed by atoms with Gasteiger partial charge in [-0.25, -0.2) is 9.59 Å². The molecule has 11 atom stereocenters. The standard InChI is InChI=1S/C47H83N3O10Si/c1-15-39(56-45(52)48(12)13)36(9)44-40(55-44)31-33(6)21-20-22-34(7)43-35(8)23-24-41(57-46(53)50-29-27-49(14)28-30-50)47(11,59-37(10)54-16-2)26-25-38(32-42(51)58-43)60-61(17-3,18-4)19-5/h20-24,33,35-41,43-44H,15-19,25-32H2,1-14H3/b21-20+,24-23-,34-22+. The van der Waals surface area contributed by atoms with Crippen LogP contribution in [0.1, 0.15) is 108 Å². The number of allylic oxidation sites excluding steroid dienone is 3. The predicted molar refractivity (Wildman–Crippen MR) is 243 cm³/mol. The second kappa shape index (κ2) is 24.9. The number of carbonyl (C=O) groups is 3. The smallest absolute Gasteiger partial charge is 0.410 e. The fraction of sp³-hybridized carbons (Fsp3) is 0.809. The molecule has 0 bridgehead atoms. The monoisotopic (exact) mass is 878 g/mol. The van der Waals surface area contributed by atoms with Crippen LogP contribution in [0.25, 0.3) is 0 Å². The first kappa shape index (κ1) is 52.6. The van der Waals surface area contributed by atoms with Crippen LogP contribution in [0.3, 0.4) is 0 Å². The molecule has 3 rings (SSSR count). The van der Waals surface area contributed by atoms with Crippen LogP contribution in [0.2, 0.25) is 18.1 Å². The van der Waals surface area contributed by atoms with Gasteiger partial charge in [0.25, 0.3) is 0 Å². The lowest BCUT2D eigenvalue weighted by atomic mass is 9.88. The Hall–Kier alpha value is -2.75. The van der Waals surface area contributed by atoms with Crippen molar-refractivity contribution in [1.29, 1.82) is 0 Å². The Morgan fingerprint density at radius 2 is 1.69 bits per heavy atom. The first-order chi connectivity index (χ1) is 28.8. The van der Waals surface area contributed by atoms with E-state index in [9.17, 15) is 14.4 Å². The van der Waals surface area contributed by atoms with Crippen molar-refractivity contribution >= 4 is 26.5 Å². The van der Waals surface area contributed by atoms with Crippen molar-refractivity contribution < 1.29 is 47.2 Å². The Labute approximate surface area is 370 Å². The van der Waals surface area contributed by atoms with Gasteiger partial charge in [0.1, 0.15) is 17.8 Å². The second-order valence-corrected chi connectivity index (χ2v) is 22.9. The minimum absolute atomic E-state index is 0.0446. The van der Waals surface area contributed by atoms with Gasteiger partial charge in [0.15, 0.2) is 20.7 Å². The summed E-state index contributed by atoms with van der Waals surface area (Å²) >= 11 is 0. The van der Waals surface area contributed by atoms with Crippen LogP contribution in [0.5, 0.6) is 0 Å². The molecular weight excluding hydrogens is 795 g/mol. The number of rotatable bonds is 19. The second-order valence-electron chi connectivity index (χ2n) is 18.2.